The van der Waals surface area contributed by atoms with Crippen molar-refractivity contribution in [3.63, 3.8) is 0 Å². The van der Waals surface area contributed by atoms with Gasteiger partial charge in [-0.2, -0.15) is 0 Å². The second kappa shape index (κ2) is 7.58. The van der Waals surface area contributed by atoms with Gasteiger partial charge < -0.3 is 15.1 Å². The molecular formula is C16H30N4O3S. The Balaban J connectivity index is 1.41. The minimum absolute atomic E-state index is 0.0175. The summed E-state index contributed by atoms with van der Waals surface area (Å²) < 4.78 is 25.0. The Bertz CT molecular complexity index is 542. The lowest BCUT2D eigenvalue weighted by molar-refractivity contribution is 0.150. The Morgan fingerprint density at radius 1 is 1.08 bits per heavy atom. The molecule has 0 bridgehead atoms. The van der Waals surface area contributed by atoms with Gasteiger partial charge >= 0.3 is 6.03 Å². The molecule has 0 spiro atoms. The van der Waals surface area contributed by atoms with E-state index in [0.717, 1.165) is 51.4 Å². The number of piperidine rings is 2. The van der Waals surface area contributed by atoms with Gasteiger partial charge in [-0.3, -0.25) is 0 Å². The van der Waals surface area contributed by atoms with E-state index in [2.05, 4.69) is 14.9 Å². The standard InChI is InChI=1S/C16H30N4O3S/c1-24(22,23)17-11-13-3-2-8-20(12-13)16(21)18-14-6-9-19(10-7-14)15-4-5-15/h13-15,17H,2-12H2,1H3,(H,18,21). The molecule has 0 aromatic carbocycles. The third-order valence-corrected chi connectivity index (χ3v) is 6.05. The summed E-state index contributed by atoms with van der Waals surface area (Å²) in [6, 6.07) is 1.11. The summed E-state index contributed by atoms with van der Waals surface area (Å²) in [5, 5.41) is 3.18. The molecule has 3 rings (SSSR count). The van der Waals surface area contributed by atoms with Crippen molar-refractivity contribution in [2.45, 2.75) is 50.6 Å². The van der Waals surface area contributed by atoms with Crippen molar-refractivity contribution in [3.8, 4) is 0 Å². The number of amides is 2. The fourth-order valence-electron chi connectivity index (χ4n) is 3.80. The van der Waals surface area contributed by atoms with Crippen molar-refractivity contribution in [2.24, 2.45) is 5.92 Å². The van der Waals surface area contributed by atoms with Gasteiger partial charge in [-0.05, 0) is 44.4 Å². The molecule has 2 heterocycles. The number of sulfonamides is 1. The molecule has 138 valence electrons. The minimum atomic E-state index is -3.16. The van der Waals surface area contributed by atoms with E-state index in [0.29, 0.717) is 13.1 Å². The summed E-state index contributed by atoms with van der Waals surface area (Å²) in [6.45, 7) is 4.01. The van der Waals surface area contributed by atoms with Gasteiger partial charge in [0.15, 0.2) is 0 Å². The second-order valence-corrected chi connectivity index (χ2v) is 9.40. The largest absolute Gasteiger partial charge is 0.335 e. The van der Waals surface area contributed by atoms with Crippen molar-refractivity contribution in [3.05, 3.63) is 0 Å². The number of carbonyl (C=O) groups is 1. The number of hydrogen-bond donors (Lipinski definition) is 2. The van der Waals surface area contributed by atoms with Crippen LogP contribution in [-0.2, 0) is 10.0 Å². The predicted molar refractivity (Wildman–Crippen MR) is 93.3 cm³/mol. The van der Waals surface area contributed by atoms with Crippen LogP contribution < -0.4 is 10.0 Å². The van der Waals surface area contributed by atoms with E-state index >= 15 is 0 Å². The Labute approximate surface area is 145 Å². The first-order valence-corrected chi connectivity index (χ1v) is 11.0. The molecule has 2 saturated heterocycles. The van der Waals surface area contributed by atoms with Crippen LogP contribution in [0.25, 0.3) is 0 Å². The van der Waals surface area contributed by atoms with E-state index in [1.807, 2.05) is 4.90 Å². The van der Waals surface area contributed by atoms with E-state index in [1.54, 1.807) is 0 Å². The highest BCUT2D eigenvalue weighted by Gasteiger charge is 2.33. The van der Waals surface area contributed by atoms with Crippen molar-refractivity contribution < 1.29 is 13.2 Å². The molecule has 0 aromatic rings. The molecule has 7 nitrogen and oxygen atoms in total. The van der Waals surface area contributed by atoms with Crippen LogP contribution in [0.2, 0.25) is 0 Å². The monoisotopic (exact) mass is 358 g/mol. The number of carbonyl (C=O) groups excluding carboxylic acids is 1. The van der Waals surface area contributed by atoms with Crippen LogP contribution in [-0.4, -0.2) is 75.3 Å². The van der Waals surface area contributed by atoms with Crippen LogP contribution >= 0.6 is 0 Å². The number of likely N-dealkylation sites (tertiary alicyclic amines) is 2. The Morgan fingerprint density at radius 3 is 2.42 bits per heavy atom. The number of hydrogen-bond acceptors (Lipinski definition) is 4. The Hall–Kier alpha value is -0.860. The van der Waals surface area contributed by atoms with Crippen LogP contribution in [0.1, 0.15) is 38.5 Å². The maximum atomic E-state index is 12.5. The van der Waals surface area contributed by atoms with Crippen molar-refractivity contribution in [2.75, 3.05) is 39.0 Å². The summed E-state index contributed by atoms with van der Waals surface area (Å²) in [7, 11) is -3.16. The molecule has 2 aliphatic heterocycles. The van der Waals surface area contributed by atoms with Gasteiger partial charge in [0.25, 0.3) is 0 Å². The number of rotatable bonds is 5. The summed E-state index contributed by atoms with van der Waals surface area (Å²) >= 11 is 0. The lowest BCUT2D eigenvalue weighted by atomic mass is 9.98. The predicted octanol–water partition coefficient (Wildman–Crippen LogP) is 0.584. The average Bonchev–Trinajstić information content (AvgIpc) is 3.38. The van der Waals surface area contributed by atoms with Gasteiger partial charge in [-0.15, -0.1) is 0 Å². The molecule has 24 heavy (non-hydrogen) atoms. The second-order valence-electron chi connectivity index (χ2n) is 7.57. The van der Waals surface area contributed by atoms with E-state index < -0.39 is 10.0 Å². The van der Waals surface area contributed by atoms with Gasteiger partial charge in [0.05, 0.1) is 6.26 Å². The van der Waals surface area contributed by atoms with Crippen LogP contribution in [0.5, 0.6) is 0 Å². The molecule has 1 unspecified atom stereocenters. The summed E-state index contributed by atoms with van der Waals surface area (Å²) in [4.78, 5) is 16.9. The van der Waals surface area contributed by atoms with E-state index in [1.165, 1.54) is 19.1 Å². The van der Waals surface area contributed by atoms with Crippen molar-refractivity contribution in [1.82, 2.24) is 19.8 Å². The first kappa shape index (κ1) is 17.9. The summed E-state index contributed by atoms with van der Waals surface area (Å²) in [5.74, 6) is 0.205. The smallest absolute Gasteiger partial charge is 0.317 e. The molecule has 1 saturated carbocycles. The first-order chi connectivity index (χ1) is 11.4. The molecule has 0 radical (unpaired) electrons. The highest BCUT2D eigenvalue weighted by molar-refractivity contribution is 7.88. The Kier molecular flexibility index (Phi) is 5.66. The van der Waals surface area contributed by atoms with Crippen LogP contribution in [0.4, 0.5) is 4.79 Å². The van der Waals surface area contributed by atoms with Gasteiger partial charge in [0.1, 0.15) is 0 Å². The quantitative estimate of drug-likeness (QED) is 0.753. The fourth-order valence-corrected chi connectivity index (χ4v) is 4.34. The lowest BCUT2D eigenvalue weighted by Gasteiger charge is -2.36. The average molecular weight is 359 g/mol. The highest BCUT2D eigenvalue weighted by atomic mass is 32.2. The third kappa shape index (κ3) is 5.32. The molecule has 1 atom stereocenters. The Morgan fingerprint density at radius 2 is 1.79 bits per heavy atom. The molecule has 0 aromatic heterocycles. The number of urea groups is 1. The SMILES string of the molecule is CS(=O)(=O)NCC1CCCN(C(=O)NC2CCN(C3CC3)CC2)C1. The van der Waals surface area contributed by atoms with E-state index in [9.17, 15) is 13.2 Å². The van der Waals surface area contributed by atoms with E-state index in [4.69, 9.17) is 0 Å². The molecular weight excluding hydrogens is 328 g/mol. The van der Waals surface area contributed by atoms with Gasteiger partial charge in [0.2, 0.25) is 10.0 Å². The number of nitrogens with one attached hydrogen (secondary N) is 2. The summed E-state index contributed by atoms with van der Waals surface area (Å²) in [6.07, 6.45) is 7.83. The fraction of sp³-hybridized carbons (Fsp3) is 0.938. The molecule has 2 amide bonds. The van der Waals surface area contributed by atoms with Crippen LogP contribution in [0.3, 0.4) is 0 Å². The molecule has 2 N–H and O–H groups in total. The zero-order valence-electron chi connectivity index (χ0n) is 14.5. The first-order valence-electron chi connectivity index (χ1n) is 9.15. The van der Waals surface area contributed by atoms with E-state index in [-0.39, 0.29) is 18.0 Å². The van der Waals surface area contributed by atoms with Gasteiger partial charge in [-0.25, -0.2) is 17.9 Å². The zero-order chi connectivity index (χ0) is 17.2. The van der Waals surface area contributed by atoms with Gasteiger partial charge in [0, 0.05) is 44.8 Å². The molecule has 3 fully saturated rings. The van der Waals surface area contributed by atoms with Crippen molar-refractivity contribution in [1.29, 1.82) is 0 Å². The van der Waals surface area contributed by atoms with Crippen LogP contribution in [0.15, 0.2) is 0 Å². The zero-order valence-corrected chi connectivity index (χ0v) is 15.4. The lowest BCUT2D eigenvalue weighted by Crippen LogP contribution is -2.52. The maximum absolute atomic E-state index is 12.5. The van der Waals surface area contributed by atoms with Gasteiger partial charge in [-0.1, -0.05) is 0 Å². The molecule has 1 aliphatic carbocycles. The maximum Gasteiger partial charge on any atom is 0.317 e. The number of nitrogens with zero attached hydrogens (tertiary/aromatic N) is 2. The topological polar surface area (TPSA) is 81.8 Å². The summed E-state index contributed by atoms with van der Waals surface area (Å²) in [5.41, 5.74) is 0. The molecule has 3 aliphatic rings. The normalized spacial score (nSPS) is 27.2. The van der Waals surface area contributed by atoms with Crippen molar-refractivity contribution >= 4 is 16.1 Å². The minimum Gasteiger partial charge on any atom is -0.335 e. The highest BCUT2D eigenvalue weighted by Crippen LogP contribution is 2.29. The van der Waals surface area contributed by atoms with Crippen LogP contribution in [0, 0.1) is 5.92 Å². The molecule has 8 heteroatoms. The third-order valence-electron chi connectivity index (χ3n) is 5.36.